The van der Waals surface area contributed by atoms with Crippen molar-refractivity contribution in [2.75, 3.05) is 56.2 Å². The number of carbonyl (C=O) groups is 1. The number of aromatic nitrogens is 2. The van der Waals surface area contributed by atoms with Crippen molar-refractivity contribution in [1.29, 1.82) is 0 Å². The number of piperazine rings is 1. The number of nitrogens with zero attached hydrogens (tertiary/aromatic N) is 4. The van der Waals surface area contributed by atoms with Crippen LogP contribution >= 0.6 is 0 Å². The van der Waals surface area contributed by atoms with Crippen LogP contribution in [-0.4, -0.2) is 62.5 Å². The number of nitrogens with one attached hydrogen (secondary N) is 1. The molecular weight excluding hydrogens is 454 g/mol. The highest BCUT2D eigenvalue weighted by molar-refractivity contribution is 6.07. The lowest BCUT2D eigenvalue weighted by atomic mass is 10.1. The van der Waals surface area contributed by atoms with Crippen molar-refractivity contribution in [2.45, 2.75) is 0 Å². The molecule has 1 saturated heterocycles. The Labute approximate surface area is 210 Å². The first-order valence-corrected chi connectivity index (χ1v) is 12.1. The van der Waals surface area contributed by atoms with E-state index in [4.69, 9.17) is 9.47 Å². The van der Waals surface area contributed by atoms with Crippen molar-refractivity contribution in [2.24, 2.45) is 0 Å². The molecule has 0 bridgehead atoms. The van der Waals surface area contributed by atoms with E-state index >= 15 is 0 Å². The van der Waals surface area contributed by atoms with Crippen LogP contribution in [0, 0.1) is 0 Å². The molecule has 5 rings (SSSR count). The first kappa shape index (κ1) is 23.4. The molecule has 2 heterocycles. The smallest absolute Gasteiger partial charge is 0.272 e. The van der Waals surface area contributed by atoms with E-state index in [1.165, 1.54) is 0 Å². The van der Waals surface area contributed by atoms with Crippen LogP contribution in [0.5, 0.6) is 11.5 Å². The van der Waals surface area contributed by atoms with Gasteiger partial charge in [0.1, 0.15) is 18.1 Å². The Morgan fingerprint density at radius 1 is 0.833 bits per heavy atom. The van der Waals surface area contributed by atoms with E-state index in [2.05, 4.69) is 37.4 Å². The zero-order chi connectivity index (χ0) is 24.7. The van der Waals surface area contributed by atoms with Gasteiger partial charge in [0.15, 0.2) is 11.5 Å². The average molecular weight is 484 g/mol. The second-order valence-electron chi connectivity index (χ2n) is 8.51. The van der Waals surface area contributed by atoms with Gasteiger partial charge in [-0.1, -0.05) is 48.5 Å². The molecule has 1 aromatic heterocycles. The molecule has 3 aromatic carbocycles. The van der Waals surface area contributed by atoms with Crippen LogP contribution in [0.15, 0.2) is 78.9 Å². The predicted octanol–water partition coefficient (Wildman–Crippen LogP) is 3.77. The molecule has 184 valence electrons. The van der Waals surface area contributed by atoms with E-state index in [1.807, 2.05) is 66.7 Å². The number of amides is 1. The molecular formula is C28H29N5O3. The zero-order valence-electron chi connectivity index (χ0n) is 20.3. The normalized spacial score (nSPS) is 13.5. The fraction of sp³-hybridized carbons (Fsp3) is 0.250. The molecule has 0 unspecified atom stereocenters. The summed E-state index contributed by atoms with van der Waals surface area (Å²) in [7, 11) is 1.68. The summed E-state index contributed by atoms with van der Waals surface area (Å²) >= 11 is 0. The molecule has 0 radical (unpaired) electrons. The number of hydrogen-bond donors (Lipinski definition) is 1. The molecule has 1 N–H and O–H groups in total. The van der Waals surface area contributed by atoms with Crippen molar-refractivity contribution in [3.8, 4) is 11.5 Å². The van der Waals surface area contributed by atoms with E-state index in [9.17, 15) is 4.79 Å². The average Bonchev–Trinajstić information content (AvgIpc) is 2.95. The van der Waals surface area contributed by atoms with Gasteiger partial charge in [0.25, 0.3) is 5.91 Å². The Hall–Kier alpha value is -4.33. The van der Waals surface area contributed by atoms with Gasteiger partial charge in [0.2, 0.25) is 0 Å². The number of para-hydroxylation sites is 1. The summed E-state index contributed by atoms with van der Waals surface area (Å²) in [5.41, 5.74) is 1.47. The molecule has 1 aliphatic heterocycles. The highest BCUT2D eigenvalue weighted by Gasteiger charge is 2.23. The third-order valence-electron chi connectivity index (χ3n) is 6.28. The lowest BCUT2D eigenvalue weighted by molar-refractivity contribution is 0.0943. The third-order valence-corrected chi connectivity index (χ3v) is 6.28. The summed E-state index contributed by atoms with van der Waals surface area (Å²) in [4.78, 5) is 17.5. The van der Waals surface area contributed by atoms with Gasteiger partial charge >= 0.3 is 0 Å². The quantitative estimate of drug-likeness (QED) is 0.382. The van der Waals surface area contributed by atoms with Crippen LogP contribution in [0.25, 0.3) is 10.8 Å². The van der Waals surface area contributed by atoms with Gasteiger partial charge in [-0.05, 0) is 24.3 Å². The molecule has 4 aromatic rings. The number of methoxy groups -OCH3 is 1. The van der Waals surface area contributed by atoms with Crippen LogP contribution in [0.1, 0.15) is 10.5 Å². The summed E-state index contributed by atoms with van der Waals surface area (Å²) in [5.74, 6) is 2.17. The van der Waals surface area contributed by atoms with Gasteiger partial charge in [-0.25, -0.2) is 0 Å². The second kappa shape index (κ2) is 10.9. The minimum Gasteiger partial charge on any atom is -0.497 e. The Morgan fingerprint density at radius 2 is 1.53 bits per heavy atom. The maximum Gasteiger partial charge on any atom is 0.272 e. The molecule has 0 atom stereocenters. The summed E-state index contributed by atoms with van der Waals surface area (Å²) < 4.78 is 11.0. The molecule has 0 spiro atoms. The summed E-state index contributed by atoms with van der Waals surface area (Å²) in [6.07, 6.45) is 0. The van der Waals surface area contributed by atoms with Crippen molar-refractivity contribution >= 4 is 28.2 Å². The number of rotatable bonds is 8. The van der Waals surface area contributed by atoms with Crippen molar-refractivity contribution < 1.29 is 14.3 Å². The maximum atomic E-state index is 12.9. The minimum atomic E-state index is -0.259. The first-order chi connectivity index (χ1) is 17.7. The van der Waals surface area contributed by atoms with Crippen LogP contribution in [0.2, 0.25) is 0 Å². The number of fused-ring (bicyclic) bond motifs is 1. The minimum absolute atomic E-state index is 0.259. The van der Waals surface area contributed by atoms with E-state index in [0.717, 1.165) is 60.0 Å². The van der Waals surface area contributed by atoms with Crippen LogP contribution in [0.4, 0.5) is 11.5 Å². The highest BCUT2D eigenvalue weighted by Crippen LogP contribution is 2.28. The lowest BCUT2D eigenvalue weighted by Gasteiger charge is -2.37. The van der Waals surface area contributed by atoms with Crippen LogP contribution in [0.3, 0.4) is 0 Å². The van der Waals surface area contributed by atoms with E-state index in [1.54, 1.807) is 7.11 Å². The molecule has 1 aliphatic rings. The summed E-state index contributed by atoms with van der Waals surface area (Å²) in [5, 5.41) is 13.5. The van der Waals surface area contributed by atoms with Crippen molar-refractivity contribution in [3.63, 3.8) is 0 Å². The first-order valence-electron chi connectivity index (χ1n) is 12.1. The fourth-order valence-electron chi connectivity index (χ4n) is 4.41. The molecule has 1 amide bonds. The van der Waals surface area contributed by atoms with Gasteiger partial charge in [0, 0.05) is 48.7 Å². The zero-order valence-corrected chi connectivity index (χ0v) is 20.3. The number of benzene rings is 3. The summed E-state index contributed by atoms with van der Waals surface area (Å²) in [6, 6.07) is 25.5. The van der Waals surface area contributed by atoms with Crippen molar-refractivity contribution in [3.05, 3.63) is 84.6 Å². The predicted molar refractivity (Wildman–Crippen MR) is 141 cm³/mol. The van der Waals surface area contributed by atoms with Gasteiger partial charge in [0.05, 0.1) is 13.7 Å². The van der Waals surface area contributed by atoms with E-state index in [0.29, 0.717) is 18.8 Å². The lowest BCUT2D eigenvalue weighted by Crippen LogP contribution is -2.47. The molecule has 8 nitrogen and oxygen atoms in total. The van der Waals surface area contributed by atoms with Crippen molar-refractivity contribution in [1.82, 2.24) is 15.5 Å². The number of ether oxygens (including phenoxy) is 2. The van der Waals surface area contributed by atoms with Gasteiger partial charge in [-0.2, -0.15) is 0 Å². The number of carbonyl (C=O) groups excluding carboxylic acids is 1. The van der Waals surface area contributed by atoms with E-state index in [-0.39, 0.29) is 5.91 Å². The highest BCUT2D eigenvalue weighted by atomic mass is 16.5. The summed E-state index contributed by atoms with van der Waals surface area (Å²) in [6.45, 7) is 4.06. The fourth-order valence-corrected chi connectivity index (χ4v) is 4.41. The number of anilines is 2. The van der Waals surface area contributed by atoms with Gasteiger partial charge in [-0.3, -0.25) is 4.79 Å². The molecule has 8 heteroatoms. The largest absolute Gasteiger partial charge is 0.497 e. The van der Waals surface area contributed by atoms with Crippen LogP contribution in [-0.2, 0) is 0 Å². The SMILES string of the molecule is COc1cccc(N2CCN(c3nnc(C(=O)NCCOc4ccccc4)c4ccccc34)CC2)c1. The number of hydrogen-bond acceptors (Lipinski definition) is 7. The Bertz CT molecular complexity index is 1320. The monoisotopic (exact) mass is 483 g/mol. The Balaban J connectivity index is 1.25. The van der Waals surface area contributed by atoms with Gasteiger partial charge < -0.3 is 24.6 Å². The topological polar surface area (TPSA) is 79.8 Å². The molecule has 36 heavy (non-hydrogen) atoms. The van der Waals surface area contributed by atoms with Gasteiger partial charge in [-0.15, -0.1) is 10.2 Å². The molecule has 1 fully saturated rings. The molecule has 0 aliphatic carbocycles. The van der Waals surface area contributed by atoms with Crippen LogP contribution < -0.4 is 24.6 Å². The Kier molecular flexibility index (Phi) is 7.12. The standard InChI is InChI=1S/C28H29N5O3/c1-35-23-11-7-8-21(20-23)32-15-17-33(18-16-32)27-25-13-6-5-12-24(25)26(30-31-27)28(34)29-14-19-36-22-9-3-2-4-10-22/h2-13,20H,14-19H2,1H3,(H,29,34). The molecule has 0 saturated carbocycles. The second-order valence-corrected chi connectivity index (χ2v) is 8.51. The third kappa shape index (κ3) is 5.17. The Morgan fingerprint density at radius 3 is 2.31 bits per heavy atom. The maximum absolute atomic E-state index is 12.9. The van der Waals surface area contributed by atoms with E-state index < -0.39 is 0 Å².